The summed E-state index contributed by atoms with van der Waals surface area (Å²) in [6, 6.07) is 7.60. The molecular formula is C19H32IN3O3. The summed E-state index contributed by atoms with van der Waals surface area (Å²) in [4.78, 5) is 6.72. The maximum absolute atomic E-state index is 5.73. The number of methoxy groups -OCH3 is 1. The Labute approximate surface area is 174 Å². The summed E-state index contributed by atoms with van der Waals surface area (Å²) in [5.41, 5.74) is 0. The quantitative estimate of drug-likeness (QED) is 0.230. The molecule has 26 heavy (non-hydrogen) atoms. The van der Waals surface area contributed by atoms with E-state index < -0.39 is 0 Å². The lowest BCUT2D eigenvalue weighted by atomic mass is 10.3. The second-order valence-corrected chi connectivity index (χ2v) is 6.20. The lowest BCUT2D eigenvalue weighted by Crippen LogP contribution is -2.40. The van der Waals surface area contributed by atoms with E-state index in [0.717, 1.165) is 49.7 Å². The first-order valence-electron chi connectivity index (χ1n) is 9.07. The summed E-state index contributed by atoms with van der Waals surface area (Å²) in [5.74, 6) is 3.27. The van der Waals surface area contributed by atoms with Crippen LogP contribution in [0.1, 0.15) is 19.8 Å². The van der Waals surface area contributed by atoms with Gasteiger partial charge in [-0.2, -0.15) is 0 Å². The lowest BCUT2D eigenvalue weighted by Gasteiger charge is -2.22. The SMILES string of the molecule is CCNC(=NCCOc1cccc(OC)c1)N(C)CCOCC1CC1.I. The van der Waals surface area contributed by atoms with Crippen LogP contribution in [0.15, 0.2) is 29.3 Å². The highest BCUT2D eigenvalue weighted by Crippen LogP contribution is 2.28. The minimum atomic E-state index is 0. The Morgan fingerprint density at radius 1 is 1.27 bits per heavy atom. The Balaban J connectivity index is 0.00000338. The number of hydrogen-bond donors (Lipinski definition) is 1. The molecule has 0 bridgehead atoms. The highest BCUT2D eigenvalue weighted by molar-refractivity contribution is 14.0. The number of guanidine groups is 1. The Morgan fingerprint density at radius 3 is 2.73 bits per heavy atom. The largest absolute Gasteiger partial charge is 0.497 e. The predicted molar refractivity (Wildman–Crippen MR) is 116 cm³/mol. The second-order valence-electron chi connectivity index (χ2n) is 6.20. The van der Waals surface area contributed by atoms with Crippen LogP contribution in [0.2, 0.25) is 0 Å². The van der Waals surface area contributed by atoms with Gasteiger partial charge in [0.15, 0.2) is 5.96 Å². The fourth-order valence-electron chi connectivity index (χ4n) is 2.32. The molecule has 0 spiro atoms. The third-order valence-corrected chi connectivity index (χ3v) is 3.98. The molecule has 6 nitrogen and oxygen atoms in total. The van der Waals surface area contributed by atoms with Crippen molar-refractivity contribution < 1.29 is 14.2 Å². The van der Waals surface area contributed by atoms with Crippen LogP contribution in [0.5, 0.6) is 11.5 Å². The van der Waals surface area contributed by atoms with E-state index in [1.807, 2.05) is 31.3 Å². The topological polar surface area (TPSA) is 55.3 Å². The molecule has 0 radical (unpaired) electrons. The van der Waals surface area contributed by atoms with Crippen LogP contribution < -0.4 is 14.8 Å². The molecule has 0 aromatic heterocycles. The average molecular weight is 477 g/mol. The molecule has 1 N–H and O–H groups in total. The second kappa shape index (κ2) is 13.0. The van der Waals surface area contributed by atoms with E-state index in [1.165, 1.54) is 12.8 Å². The molecule has 2 rings (SSSR count). The van der Waals surface area contributed by atoms with Crippen molar-refractivity contribution in [2.45, 2.75) is 19.8 Å². The van der Waals surface area contributed by atoms with Crippen molar-refractivity contribution in [2.75, 3.05) is 53.6 Å². The minimum Gasteiger partial charge on any atom is -0.497 e. The Hall–Kier alpha value is -1.22. The first kappa shape index (κ1) is 22.8. The number of hydrogen-bond acceptors (Lipinski definition) is 4. The van der Waals surface area contributed by atoms with Gasteiger partial charge in [0.2, 0.25) is 0 Å². The highest BCUT2D eigenvalue weighted by atomic mass is 127. The van der Waals surface area contributed by atoms with Gasteiger partial charge in [-0.3, -0.25) is 0 Å². The van der Waals surface area contributed by atoms with E-state index in [1.54, 1.807) is 7.11 Å². The third-order valence-electron chi connectivity index (χ3n) is 3.98. The molecular weight excluding hydrogens is 445 g/mol. The zero-order valence-electron chi connectivity index (χ0n) is 16.1. The van der Waals surface area contributed by atoms with E-state index in [4.69, 9.17) is 14.2 Å². The number of nitrogens with zero attached hydrogens (tertiary/aromatic N) is 2. The third kappa shape index (κ3) is 8.93. The first-order chi connectivity index (χ1) is 12.2. The van der Waals surface area contributed by atoms with Crippen LogP contribution in [0.25, 0.3) is 0 Å². The fraction of sp³-hybridized carbons (Fsp3) is 0.632. The van der Waals surface area contributed by atoms with Crippen molar-refractivity contribution in [3.63, 3.8) is 0 Å². The number of aliphatic imine (C=N–C) groups is 1. The van der Waals surface area contributed by atoms with Gasteiger partial charge in [-0.05, 0) is 37.8 Å². The van der Waals surface area contributed by atoms with Gasteiger partial charge in [-0.25, -0.2) is 4.99 Å². The monoisotopic (exact) mass is 477 g/mol. The normalized spacial score (nSPS) is 13.7. The lowest BCUT2D eigenvalue weighted by molar-refractivity contribution is 0.115. The summed E-state index contributed by atoms with van der Waals surface area (Å²) in [6.45, 7) is 6.48. The maximum Gasteiger partial charge on any atom is 0.193 e. The number of nitrogens with one attached hydrogen (secondary N) is 1. The Kier molecular flexibility index (Phi) is 11.4. The first-order valence-corrected chi connectivity index (χ1v) is 9.07. The standard InChI is InChI=1S/C19H31N3O3.HI/c1-4-20-19(22(2)11-13-24-15-16-8-9-16)21-10-12-25-18-7-5-6-17(14-18)23-3;/h5-7,14,16H,4,8-13,15H2,1-3H3,(H,20,21);1H. The van der Waals surface area contributed by atoms with Gasteiger partial charge in [0.1, 0.15) is 18.1 Å². The molecule has 0 atom stereocenters. The molecule has 1 aromatic rings. The number of halogens is 1. The van der Waals surface area contributed by atoms with Gasteiger partial charge < -0.3 is 24.4 Å². The van der Waals surface area contributed by atoms with Gasteiger partial charge in [0.05, 0.1) is 20.3 Å². The van der Waals surface area contributed by atoms with E-state index >= 15 is 0 Å². The molecule has 0 saturated heterocycles. The fourth-order valence-corrected chi connectivity index (χ4v) is 2.32. The summed E-state index contributed by atoms with van der Waals surface area (Å²) < 4.78 is 16.6. The van der Waals surface area contributed by atoms with Crippen LogP contribution in [-0.2, 0) is 4.74 Å². The molecule has 1 aromatic carbocycles. The average Bonchev–Trinajstić information content (AvgIpc) is 3.45. The molecule has 1 aliphatic rings. The molecule has 0 unspecified atom stereocenters. The van der Waals surface area contributed by atoms with E-state index in [0.29, 0.717) is 13.2 Å². The Bertz CT molecular complexity index is 539. The predicted octanol–water partition coefficient (Wildman–Crippen LogP) is 3.02. The molecule has 0 heterocycles. The van der Waals surface area contributed by atoms with Gasteiger partial charge in [0.25, 0.3) is 0 Å². The number of likely N-dealkylation sites (N-methyl/N-ethyl adjacent to an activating group) is 1. The van der Waals surface area contributed by atoms with Gasteiger partial charge in [0, 0.05) is 32.8 Å². The molecule has 1 saturated carbocycles. The van der Waals surface area contributed by atoms with E-state index in [9.17, 15) is 0 Å². The number of benzene rings is 1. The molecule has 1 fully saturated rings. The zero-order chi connectivity index (χ0) is 17.9. The van der Waals surface area contributed by atoms with E-state index in [-0.39, 0.29) is 24.0 Å². The van der Waals surface area contributed by atoms with Crippen molar-refractivity contribution in [1.29, 1.82) is 0 Å². The van der Waals surface area contributed by atoms with Crippen molar-refractivity contribution in [3.05, 3.63) is 24.3 Å². The van der Waals surface area contributed by atoms with Crippen molar-refractivity contribution in [1.82, 2.24) is 10.2 Å². The van der Waals surface area contributed by atoms with E-state index in [2.05, 4.69) is 22.1 Å². The van der Waals surface area contributed by atoms with Crippen LogP contribution >= 0.6 is 24.0 Å². The van der Waals surface area contributed by atoms with Gasteiger partial charge in [-0.15, -0.1) is 24.0 Å². The summed E-state index contributed by atoms with van der Waals surface area (Å²) >= 11 is 0. The molecule has 1 aliphatic carbocycles. The van der Waals surface area contributed by atoms with Crippen molar-refractivity contribution in [2.24, 2.45) is 10.9 Å². The maximum atomic E-state index is 5.73. The number of ether oxygens (including phenoxy) is 3. The molecule has 0 amide bonds. The van der Waals surface area contributed by atoms with Crippen LogP contribution in [0.3, 0.4) is 0 Å². The summed E-state index contributed by atoms with van der Waals surface area (Å²) in [6.07, 6.45) is 2.65. The smallest absolute Gasteiger partial charge is 0.193 e. The molecule has 148 valence electrons. The molecule has 0 aliphatic heterocycles. The summed E-state index contributed by atoms with van der Waals surface area (Å²) in [7, 11) is 3.68. The summed E-state index contributed by atoms with van der Waals surface area (Å²) in [5, 5.41) is 3.31. The van der Waals surface area contributed by atoms with Crippen molar-refractivity contribution >= 4 is 29.9 Å². The van der Waals surface area contributed by atoms with Gasteiger partial charge >= 0.3 is 0 Å². The van der Waals surface area contributed by atoms with Crippen LogP contribution in [0, 0.1) is 5.92 Å². The Morgan fingerprint density at radius 2 is 2.04 bits per heavy atom. The van der Waals surface area contributed by atoms with Crippen molar-refractivity contribution in [3.8, 4) is 11.5 Å². The zero-order valence-corrected chi connectivity index (χ0v) is 18.4. The highest BCUT2D eigenvalue weighted by Gasteiger charge is 2.21. The molecule has 7 heteroatoms. The van der Waals surface area contributed by atoms with Crippen LogP contribution in [0.4, 0.5) is 0 Å². The van der Waals surface area contributed by atoms with Gasteiger partial charge in [-0.1, -0.05) is 6.07 Å². The number of rotatable bonds is 11. The van der Waals surface area contributed by atoms with Crippen LogP contribution in [-0.4, -0.2) is 64.5 Å². The minimum absolute atomic E-state index is 0.